The monoisotopic (exact) mass is 275 g/mol. The quantitative estimate of drug-likeness (QED) is 0.859. The molecule has 1 atom stereocenters. The minimum atomic E-state index is -0.256. The minimum absolute atomic E-state index is 0.256. The first-order valence-corrected chi connectivity index (χ1v) is 6.83. The number of fused-ring (bicyclic) bond motifs is 1. The molecule has 1 N–H and O–H groups in total. The molecule has 0 amide bonds. The van der Waals surface area contributed by atoms with Crippen molar-refractivity contribution in [2.45, 2.75) is 18.9 Å². The zero-order valence-electron chi connectivity index (χ0n) is 10.7. The molecule has 3 rings (SSSR count). The summed E-state index contributed by atoms with van der Waals surface area (Å²) in [4.78, 5) is 0. The zero-order valence-corrected chi connectivity index (χ0v) is 11.5. The van der Waals surface area contributed by atoms with Gasteiger partial charge in [-0.05, 0) is 54.8 Å². The van der Waals surface area contributed by atoms with Crippen LogP contribution in [-0.2, 0) is 6.42 Å². The van der Waals surface area contributed by atoms with Crippen molar-refractivity contribution in [3.63, 3.8) is 0 Å². The van der Waals surface area contributed by atoms with Crippen molar-refractivity contribution in [3.8, 4) is 11.1 Å². The van der Waals surface area contributed by atoms with Crippen LogP contribution in [0.2, 0.25) is 5.02 Å². The maximum atomic E-state index is 14.1. The number of hydrogen-bond donors (Lipinski definition) is 1. The van der Waals surface area contributed by atoms with E-state index in [1.165, 1.54) is 17.2 Å². The molecule has 0 saturated carbocycles. The highest BCUT2D eigenvalue weighted by Gasteiger charge is 2.24. The third kappa shape index (κ3) is 2.15. The summed E-state index contributed by atoms with van der Waals surface area (Å²) in [6.07, 6.45) is 2.05. The SMILES string of the molecule is CNC1CCc2c(-c3ccc(Cl)cc3F)cccc21. The molecule has 0 bridgehead atoms. The van der Waals surface area contributed by atoms with Gasteiger partial charge in [0, 0.05) is 16.6 Å². The van der Waals surface area contributed by atoms with Crippen molar-refractivity contribution in [2.24, 2.45) is 0 Å². The van der Waals surface area contributed by atoms with Gasteiger partial charge in [-0.3, -0.25) is 0 Å². The summed E-state index contributed by atoms with van der Waals surface area (Å²) >= 11 is 5.82. The molecule has 0 heterocycles. The molecule has 2 aromatic rings. The number of hydrogen-bond acceptors (Lipinski definition) is 1. The average molecular weight is 276 g/mol. The van der Waals surface area contributed by atoms with E-state index in [1.807, 2.05) is 19.2 Å². The van der Waals surface area contributed by atoms with E-state index in [0.29, 0.717) is 16.6 Å². The molecular formula is C16H15ClFN. The van der Waals surface area contributed by atoms with Gasteiger partial charge in [0.05, 0.1) is 0 Å². The topological polar surface area (TPSA) is 12.0 Å². The van der Waals surface area contributed by atoms with Gasteiger partial charge in [-0.2, -0.15) is 0 Å². The Morgan fingerprint density at radius 3 is 2.79 bits per heavy atom. The lowest BCUT2D eigenvalue weighted by Crippen LogP contribution is -2.12. The third-order valence-corrected chi connectivity index (χ3v) is 4.08. The first-order chi connectivity index (χ1) is 9.20. The maximum absolute atomic E-state index is 14.1. The highest BCUT2D eigenvalue weighted by molar-refractivity contribution is 6.30. The lowest BCUT2D eigenvalue weighted by atomic mass is 9.96. The van der Waals surface area contributed by atoms with Crippen molar-refractivity contribution in [1.82, 2.24) is 5.32 Å². The first kappa shape index (κ1) is 12.6. The number of halogens is 2. The second-order valence-electron chi connectivity index (χ2n) is 4.88. The van der Waals surface area contributed by atoms with E-state index in [4.69, 9.17) is 11.6 Å². The van der Waals surface area contributed by atoms with Crippen LogP contribution in [0.25, 0.3) is 11.1 Å². The summed E-state index contributed by atoms with van der Waals surface area (Å²) in [5.74, 6) is -0.256. The van der Waals surface area contributed by atoms with Crippen LogP contribution in [0.15, 0.2) is 36.4 Å². The highest BCUT2D eigenvalue weighted by atomic mass is 35.5. The molecule has 1 unspecified atom stereocenters. The molecule has 19 heavy (non-hydrogen) atoms. The second kappa shape index (κ2) is 4.95. The maximum Gasteiger partial charge on any atom is 0.132 e. The smallest absolute Gasteiger partial charge is 0.132 e. The Morgan fingerprint density at radius 2 is 2.05 bits per heavy atom. The molecule has 0 aromatic heterocycles. The van der Waals surface area contributed by atoms with Crippen LogP contribution >= 0.6 is 11.6 Å². The Bertz CT molecular complexity index is 624. The van der Waals surface area contributed by atoms with E-state index in [2.05, 4.69) is 11.4 Å². The number of benzene rings is 2. The molecule has 0 spiro atoms. The van der Waals surface area contributed by atoms with E-state index >= 15 is 0 Å². The Labute approximate surface area is 117 Å². The Hall–Kier alpha value is -1.38. The van der Waals surface area contributed by atoms with Crippen molar-refractivity contribution < 1.29 is 4.39 Å². The molecule has 98 valence electrons. The Morgan fingerprint density at radius 1 is 1.21 bits per heavy atom. The van der Waals surface area contributed by atoms with Gasteiger partial charge in [0.1, 0.15) is 5.82 Å². The van der Waals surface area contributed by atoms with E-state index in [9.17, 15) is 4.39 Å². The number of rotatable bonds is 2. The predicted molar refractivity (Wildman–Crippen MR) is 77.0 cm³/mol. The molecule has 1 aliphatic rings. The van der Waals surface area contributed by atoms with Gasteiger partial charge in [0.25, 0.3) is 0 Å². The summed E-state index contributed by atoms with van der Waals surface area (Å²) in [6, 6.07) is 11.4. The van der Waals surface area contributed by atoms with Gasteiger partial charge in [-0.15, -0.1) is 0 Å². The van der Waals surface area contributed by atoms with Gasteiger partial charge in [-0.1, -0.05) is 29.8 Å². The molecule has 1 nitrogen and oxygen atoms in total. The van der Waals surface area contributed by atoms with Crippen LogP contribution in [0.3, 0.4) is 0 Å². The molecule has 0 fully saturated rings. The summed E-state index contributed by atoms with van der Waals surface area (Å²) in [7, 11) is 1.97. The van der Waals surface area contributed by atoms with Crippen LogP contribution in [0.5, 0.6) is 0 Å². The zero-order chi connectivity index (χ0) is 13.4. The van der Waals surface area contributed by atoms with Gasteiger partial charge in [0.15, 0.2) is 0 Å². The van der Waals surface area contributed by atoms with Crippen LogP contribution in [0.1, 0.15) is 23.6 Å². The number of nitrogens with one attached hydrogen (secondary N) is 1. The van der Waals surface area contributed by atoms with Crippen LogP contribution in [-0.4, -0.2) is 7.05 Å². The van der Waals surface area contributed by atoms with Crippen molar-refractivity contribution >= 4 is 11.6 Å². The van der Waals surface area contributed by atoms with Crippen molar-refractivity contribution in [1.29, 1.82) is 0 Å². The minimum Gasteiger partial charge on any atom is -0.313 e. The van der Waals surface area contributed by atoms with Crippen LogP contribution in [0.4, 0.5) is 4.39 Å². The molecule has 0 saturated heterocycles. The summed E-state index contributed by atoms with van der Waals surface area (Å²) in [5.41, 5.74) is 4.17. The van der Waals surface area contributed by atoms with E-state index in [1.54, 1.807) is 12.1 Å². The fourth-order valence-corrected chi connectivity index (χ4v) is 3.07. The Balaban J connectivity index is 2.14. The molecule has 0 aliphatic heterocycles. The molecule has 0 radical (unpaired) electrons. The first-order valence-electron chi connectivity index (χ1n) is 6.45. The molecule has 3 heteroatoms. The summed E-state index contributed by atoms with van der Waals surface area (Å²) < 4.78 is 14.1. The van der Waals surface area contributed by atoms with Crippen molar-refractivity contribution in [3.05, 3.63) is 58.4 Å². The molecular weight excluding hydrogens is 261 g/mol. The van der Waals surface area contributed by atoms with Gasteiger partial charge < -0.3 is 5.32 Å². The average Bonchev–Trinajstić information content (AvgIpc) is 2.82. The highest BCUT2D eigenvalue weighted by Crippen LogP contribution is 2.38. The van der Waals surface area contributed by atoms with Gasteiger partial charge in [0.2, 0.25) is 0 Å². The van der Waals surface area contributed by atoms with Gasteiger partial charge in [-0.25, -0.2) is 4.39 Å². The fraction of sp³-hybridized carbons (Fsp3) is 0.250. The van der Waals surface area contributed by atoms with Crippen LogP contribution in [0, 0.1) is 5.82 Å². The summed E-state index contributed by atoms with van der Waals surface area (Å²) in [6.45, 7) is 0. The largest absolute Gasteiger partial charge is 0.313 e. The summed E-state index contributed by atoms with van der Waals surface area (Å²) in [5, 5.41) is 3.74. The van der Waals surface area contributed by atoms with Crippen molar-refractivity contribution in [2.75, 3.05) is 7.05 Å². The van der Waals surface area contributed by atoms with E-state index in [0.717, 1.165) is 18.4 Å². The third-order valence-electron chi connectivity index (χ3n) is 3.84. The molecule has 1 aliphatic carbocycles. The van der Waals surface area contributed by atoms with E-state index in [-0.39, 0.29) is 5.82 Å². The normalized spacial score (nSPS) is 17.5. The lowest BCUT2D eigenvalue weighted by Gasteiger charge is -2.13. The fourth-order valence-electron chi connectivity index (χ4n) is 2.91. The Kier molecular flexibility index (Phi) is 3.29. The van der Waals surface area contributed by atoms with Gasteiger partial charge >= 0.3 is 0 Å². The molecule has 2 aromatic carbocycles. The second-order valence-corrected chi connectivity index (χ2v) is 5.31. The standard InChI is InChI=1S/C16H15ClFN/c1-19-16-8-7-12-11(3-2-4-14(12)16)13-6-5-10(17)9-15(13)18/h2-6,9,16,19H,7-8H2,1H3. The van der Waals surface area contributed by atoms with E-state index < -0.39 is 0 Å². The van der Waals surface area contributed by atoms with Crippen LogP contribution < -0.4 is 5.32 Å². The lowest BCUT2D eigenvalue weighted by molar-refractivity contribution is 0.590. The predicted octanol–water partition coefficient (Wildman–Crippen LogP) is 4.35.